The van der Waals surface area contributed by atoms with Gasteiger partial charge in [-0.2, -0.15) is 0 Å². The minimum absolute atomic E-state index is 0.0250. The highest BCUT2D eigenvalue weighted by Crippen LogP contribution is 2.37. The van der Waals surface area contributed by atoms with Gasteiger partial charge in [-0.1, -0.05) is 11.6 Å². The number of hydrogen-bond acceptors (Lipinski definition) is 8. The number of ether oxygens (including phenoxy) is 3. The van der Waals surface area contributed by atoms with Gasteiger partial charge in [-0.25, -0.2) is 8.42 Å². The molecule has 1 aliphatic heterocycles. The van der Waals surface area contributed by atoms with Gasteiger partial charge in [0.2, 0.25) is 0 Å². The molecule has 0 N–H and O–H groups in total. The summed E-state index contributed by atoms with van der Waals surface area (Å²) in [5.74, 6) is -3.21. The summed E-state index contributed by atoms with van der Waals surface area (Å²) in [6.45, 7) is 2.34. The van der Waals surface area contributed by atoms with Crippen LogP contribution in [0, 0.1) is 5.92 Å². The van der Waals surface area contributed by atoms with Crippen molar-refractivity contribution >= 4 is 38.8 Å². The van der Waals surface area contributed by atoms with Crippen molar-refractivity contribution in [1.29, 1.82) is 0 Å². The van der Waals surface area contributed by atoms with Gasteiger partial charge in [-0.05, 0) is 25.5 Å². The van der Waals surface area contributed by atoms with E-state index in [2.05, 4.69) is 0 Å². The van der Waals surface area contributed by atoms with E-state index < -0.39 is 39.4 Å². The molecular formula is C20H23ClO8S. The van der Waals surface area contributed by atoms with Crippen LogP contribution in [0.15, 0.2) is 17.0 Å². The second kappa shape index (κ2) is 9.13. The number of Topliss-reactive ketones (excluding diaryl/α,β-unsaturated/α-hetero) is 3. The van der Waals surface area contributed by atoms with Gasteiger partial charge < -0.3 is 14.2 Å². The third-order valence-electron chi connectivity index (χ3n) is 4.98. The van der Waals surface area contributed by atoms with Crippen molar-refractivity contribution in [2.45, 2.75) is 49.9 Å². The molecule has 10 heteroatoms. The van der Waals surface area contributed by atoms with Gasteiger partial charge in [-0.15, -0.1) is 0 Å². The van der Waals surface area contributed by atoms with Gasteiger partial charge in [-0.3, -0.25) is 14.4 Å². The lowest BCUT2D eigenvalue weighted by molar-refractivity contribution is -0.133. The Kier molecular flexibility index (Phi) is 6.96. The first-order chi connectivity index (χ1) is 14.1. The lowest BCUT2D eigenvalue weighted by Gasteiger charge is -2.21. The lowest BCUT2D eigenvalue weighted by atomic mass is 9.81. The maximum Gasteiger partial charge on any atom is 0.184 e. The predicted molar refractivity (Wildman–Crippen MR) is 107 cm³/mol. The molecule has 0 bridgehead atoms. The number of benzene rings is 1. The van der Waals surface area contributed by atoms with E-state index in [4.69, 9.17) is 25.8 Å². The fourth-order valence-electron chi connectivity index (χ4n) is 3.50. The molecule has 1 aromatic rings. The van der Waals surface area contributed by atoms with Crippen LogP contribution in [-0.2, 0) is 28.9 Å². The van der Waals surface area contributed by atoms with E-state index in [0.717, 1.165) is 6.26 Å². The molecule has 30 heavy (non-hydrogen) atoms. The first-order valence-corrected chi connectivity index (χ1v) is 11.9. The Morgan fingerprint density at radius 1 is 1.23 bits per heavy atom. The topological polar surface area (TPSA) is 113 Å². The Hall–Kier alpha value is -1.81. The maximum atomic E-state index is 13.0. The fraction of sp³-hybridized carbons (Fsp3) is 0.550. The number of hydrogen-bond donors (Lipinski definition) is 0. The number of rotatable bonds is 7. The van der Waals surface area contributed by atoms with Crippen LogP contribution in [0.2, 0.25) is 5.02 Å². The Labute approximate surface area is 179 Å². The summed E-state index contributed by atoms with van der Waals surface area (Å²) in [5.41, 5.74) is -0.0948. The van der Waals surface area contributed by atoms with E-state index in [1.807, 2.05) is 6.92 Å². The number of carbonyl (C=O) groups excluding carboxylic acids is 3. The number of sulfone groups is 1. The summed E-state index contributed by atoms with van der Waals surface area (Å²) in [6, 6.07) is 2.42. The van der Waals surface area contributed by atoms with Crippen molar-refractivity contribution in [3.63, 3.8) is 0 Å². The molecule has 2 aliphatic rings. The second-order valence-electron chi connectivity index (χ2n) is 7.46. The lowest BCUT2D eigenvalue weighted by Crippen LogP contribution is -2.35. The zero-order valence-electron chi connectivity index (χ0n) is 16.7. The van der Waals surface area contributed by atoms with E-state index in [-0.39, 0.29) is 46.8 Å². The summed E-state index contributed by atoms with van der Waals surface area (Å²) < 4.78 is 40.7. The Morgan fingerprint density at radius 2 is 1.90 bits per heavy atom. The molecule has 164 valence electrons. The quantitative estimate of drug-likeness (QED) is 0.452. The van der Waals surface area contributed by atoms with E-state index in [0.29, 0.717) is 19.4 Å². The van der Waals surface area contributed by atoms with Gasteiger partial charge >= 0.3 is 0 Å². The molecule has 0 radical (unpaired) electrons. The van der Waals surface area contributed by atoms with Crippen LogP contribution >= 0.6 is 11.6 Å². The summed E-state index contributed by atoms with van der Waals surface area (Å²) in [5, 5.41) is -0.263. The van der Waals surface area contributed by atoms with Crippen molar-refractivity contribution in [3.8, 4) is 5.75 Å². The van der Waals surface area contributed by atoms with Crippen LogP contribution in [0.3, 0.4) is 0 Å². The molecule has 2 fully saturated rings. The number of halogens is 1. The van der Waals surface area contributed by atoms with Gasteiger partial charge in [0.1, 0.15) is 16.7 Å². The van der Waals surface area contributed by atoms with Gasteiger partial charge in [0.05, 0.1) is 29.8 Å². The molecule has 1 aromatic carbocycles. The van der Waals surface area contributed by atoms with E-state index >= 15 is 0 Å². The van der Waals surface area contributed by atoms with Crippen molar-refractivity contribution in [3.05, 3.63) is 22.7 Å². The zero-order valence-corrected chi connectivity index (χ0v) is 18.3. The average molecular weight is 459 g/mol. The molecule has 0 amide bonds. The molecule has 1 saturated heterocycles. The standard InChI is InChI=1S/C20H23ClO8S/c1-11-10-28-16(29-11)8-9-27-20-12(6-7-15(18(20)21)30(2,25)26)19(24)17-13(22)4-3-5-14(17)23/h6-7,11,16-17H,3-5,8-10H2,1-2H3. The highest BCUT2D eigenvalue weighted by molar-refractivity contribution is 7.90. The summed E-state index contributed by atoms with van der Waals surface area (Å²) in [7, 11) is -3.70. The van der Waals surface area contributed by atoms with Crippen LogP contribution in [-0.4, -0.2) is 57.6 Å². The highest BCUT2D eigenvalue weighted by atomic mass is 35.5. The Morgan fingerprint density at radius 3 is 2.47 bits per heavy atom. The third kappa shape index (κ3) is 4.91. The van der Waals surface area contributed by atoms with Crippen LogP contribution in [0.4, 0.5) is 0 Å². The first-order valence-electron chi connectivity index (χ1n) is 9.61. The zero-order chi connectivity index (χ0) is 22.1. The minimum Gasteiger partial charge on any atom is -0.491 e. The minimum atomic E-state index is -3.70. The second-order valence-corrected chi connectivity index (χ2v) is 9.82. The van der Waals surface area contributed by atoms with E-state index in [1.54, 1.807) is 0 Å². The predicted octanol–water partition coefficient (Wildman–Crippen LogP) is 2.39. The summed E-state index contributed by atoms with van der Waals surface area (Å²) >= 11 is 6.28. The molecule has 8 nitrogen and oxygen atoms in total. The van der Waals surface area contributed by atoms with Crippen molar-refractivity contribution in [2.75, 3.05) is 19.5 Å². The molecule has 1 aliphatic carbocycles. The fourth-order valence-corrected chi connectivity index (χ4v) is 4.87. The molecule has 1 heterocycles. The van der Waals surface area contributed by atoms with Crippen molar-refractivity contribution in [2.24, 2.45) is 5.92 Å². The van der Waals surface area contributed by atoms with Crippen molar-refractivity contribution < 1.29 is 37.0 Å². The molecule has 3 rings (SSSR count). The molecule has 2 atom stereocenters. The SMILES string of the molecule is CC1COC(CCOc2c(C(=O)C3C(=O)CCCC3=O)ccc(S(C)(=O)=O)c2Cl)O1. The molecule has 0 aromatic heterocycles. The summed E-state index contributed by atoms with van der Waals surface area (Å²) in [4.78, 5) is 37.3. The highest BCUT2D eigenvalue weighted by Gasteiger charge is 2.38. The van der Waals surface area contributed by atoms with E-state index in [1.165, 1.54) is 12.1 Å². The van der Waals surface area contributed by atoms with Crippen LogP contribution in [0.25, 0.3) is 0 Å². The maximum absolute atomic E-state index is 13.0. The van der Waals surface area contributed by atoms with Crippen LogP contribution in [0.1, 0.15) is 43.0 Å². The molecular weight excluding hydrogens is 436 g/mol. The third-order valence-corrected chi connectivity index (χ3v) is 6.61. The summed E-state index contributed by atoms with van der Waals surface area (Å²) in [6.07, 6.45) is 1.46. The van der Waals surface area contributed by atoms with Gasteiger partial charge in [0, 0.05) is 25.5 Å². The van der Waals surface area contributed by atoms with Crippen LogP contribution < -0.4 is 4.74 Å². The largest absolute Gasteiger partial charge is 0.491 e. The Balaban J connectivity index is 1.91. The van der Waals surface area contributed by atoms with Crippen LogP contribution in [0.5, 0.6) is 5.75 Å². The van der Waals surface area contributed by atoms with Gasteiger partial charge in [0.25, 0.3) is 0 Å². The molecule has 2 unspecified atom stereocenters. The number of carbonyl (C=O) groups is 3. The molecule has 1 saturated carbocycles. The monoisotopic (exact) mass is 458 g/mol. The average Bonchev–Trinajstić information content (AvgIpc) is 3.06. The smallest absolute Gasteiger partial charge is 0.184 e. The van der Waals surface area contributed by atoms with Gasteiger partial charge in [0.15, 0.2) is 33.5 Å². The Bertz CT molecular complexity index is 955. The van der Waals surface area contributed by atoms with E-state index in [9.17, 15) is 22.8 Å². The number of ketones is 3. The van der Waals surface area contributed by atoms with Crippen molar-refractivity contribution in [1.82, 2.24) is 0 Å². The molecule has 0 spiro atoms. The normalized spacial score (nSPS) is 23.0. The first kappa shape index (κ1) is 22.9.